The second-order valence-electron chi connectivity index (χ2n) is 11.5. The van der Waals surface area contributed by atoms with Gasteiger partial charge in [0.05, 0.1) is 0 Å². The number of benzene rings is 3. The van der Waals surface area contributed by atoms with Gasteiger partial charge in [-0.2, -0.15) is 0 Å². The first-order valence-corrected chi connectivity index (χ1v) is 14.4. The minimum atomic E-state index is 0.103. The van der Waals surface area contributed by atoms with Gasteiger partial charge in [-0.25, -0.2) is 4.52 Å². The Morgan fingerprint density at radius 3 is 2.23 bits per heavy atom. The van der Waals surface area contributed by atoms with Crippen molar-refractivity contribution in [2.45, 2.75) is 58.9 Å². The molecular weight excluding hydrogens is 520 g/mol. The van der Waals surface area contributed by atoms with E-state index in [9.17, 15) is 0 Å². The normalized spacial score (nSPS) is 13.5. The number of thiocarbonyl (C=S) groups is 1. The summed E-state index contributed by atoms with van der Waals surface area (Å²) in [5, 5.41) is 9.48. The van der Waals surface area contributed by atoms with Gasteiger partial charge in [0.1, 0.15) is 16.3 Å². The number of nitrogens with one attached hydrogen (secondary N) is 1. The molecule has 0 atom stereocenters. The molecule has 6 rings (SSSR count). The van der Waals surface area contributed by atoms with E-state index in [-0.39, 0.29) is 5.41 Å². The van der Waals surface area contributed by atoms with Crippen LogP contribution in [0.2, 0.25) is 5.02 Å². The van der Waals surface area contributed by atoms with E-state index in [2.05, 4.69) is 103 Å². The first kappa shape index (κ1) is 25.8. The largest absolute Gasteiger partial charge is 0.345 e. The molecule has 0 fully saturated rings. The lowest BCUT2D eigenvalue weighted by molar-refractivity contribution is 0.590. The predicted octanol–water partition coefficient (Wildman–Crippen LogP) is 8.85. The van der Waals surface area contributed by atoms with Crippen molar-refractivity contribution in [3.05, 3.63) is 100 Å². The third-order valence-corrected chi connectivity index (χ3v) is 8.20. The molecule has 198 valence electrons. The van der Waals surface area contributed by atoms with Gasteiger partial charge < -0.3 is 9.88 Å². The van der Waals surface area contributed by atoms with Crippen LogP contribution in [0, 0.1) is 6.92 Å². The molecule has 5 aromatic rings. The predicted molar refractivity (Wildman–Crippen MR) is 167 cm³/mol. The first-order valence-electron chi connectivity index (χ1n) is 13.6. The van der Waals surface area contributed by atoms with Crippen LogP contribution in [-0.4, -0.2) is 19.2 Å². The van der Waals surface area contributed by atoms with E-state index in [0.717, 1.165) is 70.4 Å². The third kappa shape index (κ3) is 4.79. The Hall–Kier alpha value is -3.41. The number of nitrogens with zero attached hydrogens (tertiary/aromatic N) is 3. The van der Waals surface area contributed by atoms with Crippen molar-refractivity contribution in [2.75, 3.05) is 5.32 Å². The molecule has 0 saturated carbocycles. The van der Waals surface area contributed by atoms with E-state index in [1.54, 1.807) is 0 Å². The molecule has 6 heteroatoms. The van der Waals surface area contributed by atoms with Crippen LogP contribution < -0.4 is 5.32 Å². The zero-order chi connectivity index (χ0) is 27.3. The molecule has 1 aliphatic rings. The molecular formula is C33H33ClN4S. The van der Waals surface area contributed by atoms with Gasteiger partial charge >= 0.3 is 0 Å². The van der Waals surface area contributed by atoms with Crippen LogP contribution in [-0.2, 0) is 18.4 Å². The van der Waals surface area contributed by atoms with Crippen molar-refractivity contribution in [1.82, 2.24) is 14.2 Å². The fourth-order valence-electron chi connectivity index (χ4n) is 5.54. The van der Waals surface area contributed by atoms with Gasteiger partial charge in [-0.15, -0.1) is 5.10 Å². The van der Waals surface area contributed by atoms with Crippen molar-refractivity contribution in [3.63, 3.8) is 0 Å². The molecule has 3 heterocycles. The summed E-state index contributed by atoms with van der Waals surface area (Å²) in [5.41, 5.74) is 10.3. The van der Waals surface area contributed by atoms with Crippen LogP contribution in [0.4, 0.5) is 5.69 Å². The Morgan fingerprint density at radius 1 is 0.897 bits per heavy atom. The number of aromatic nitrogens is 3. The Kier molecular flexibility index (Phi) is 6.60. The molecule has 1 aliphatic heterocycles. The van der Waals surface area contributed by atoms with Crippen molar-refractivity contribution in [3.8, 4) is 22.5 Å². The number of rotatable bonds is 4. The van der Waals surface area contributed by atoms with Crippen LogP contribution in [0.25, 0.3) is 28.2 Å². The quantitative estimate of drug-likeness (QED) is 0.226. The van der Waals surface area contributed by atoms with Gasteiger partial charge in [-0.3, -0.25) is 0 Å². The molecule has 0 radical (unpaired) electrons. The standard InChI is InChI=1S/C33H33ClN4S/c1-21-8-18-26(19-9-21)35-31(39)29-28(22-12-16-25(34)17-13-22)27-7-5-6-20-37-30(36-38(29)32(27)37)23-10-14-24(15-11-23)33(2,3)4/h8-19H,5-7,20H2,1-4H3,(H,35,39). The summed E-state index contributed by atoms with van der Waals surface area (Å²) in [5.74, 6) is 0.982. The summed E-state index contributed by atoms with van der Waals surface area (Å²) in [7, 11) is 0. The summed E-state index contributed by atoms with van der Waals surface area (Å²) in [6.07, 6.45) is 3.19. The van der Waals surface area contributed by atoms with Crippen LogP contribution in [0.15, 0.2) is 72.8 Å². The summed E-state index contributed by atoms with van der Waals surface area (Å²) in [4.78, 5) is 0.657. The van der Waals surface area contributed by atoms with Crippen LogP contribution in [0.1, 0.15) is 56.0 Å². The van der Waals surface area contributed by atoms with Crippen molar-refractivity contribution in [1.29, 1.82) is 0 Å². The molecule has 0 saturated heterocycles. The lowest BCUT2D eigenvalue weighted by atomic mass is 9.87. The van der Waals surface area contributed by atoms with Crippen molar-refractivity contribution >= 4 is 40.1 Å². The number of aryl methyl sites for hydroxylation is 3. The average molecular weight is 553 g/mol. The fraction of sp³-hybridized carbons (Fsp3) is 0.273. The van der Waals surface area contributed by atoms with E-state index >= 15 is 0 Å². The monoisotopic (exact) mass is 552 g/mol. The number of hydrogen-bond donors (Lipinski definition) is 1. The molecule has 1 N–H and O–H groups in total. The van der Waals surface area contributed by atoms with Gasteiger partial charge in [0.2, 0.25) is 0 Å². The Labute approximate surface area is 240 Å². The summed E-state index contributed by atoms with van der Waals surface area (Å²) < 4.78 is 4.48. The SMILES string of the molecule is Cc1ccc(NC(=S)c2c(-c3ccc(Cl)cc3)c3c4n(c(-c5ccc(C(C)(C)C)cc5)nn24)CCCC3)cc1. The van der Waals surface area contributed by atoms with Gasteiger partial charge in [-0.1, -0.05) is 98.7 Å². The maximum atomic E-state index is 6.28. The van der Waals surface area contributed by atoms with E-state index in [1.165, 1.54) is 16.7 Å². The highest BCUT2D eigenvalue weighted by Crippen LogP contribution is 2.39. The van der Waals surface area contributed by atoms with E-state index in [0.29, 0.717) is 4.99 Å². The van der Waals surface area contributed by atoms with E-state index in [1.807, 2.05) is 12.1 Å². The average Bonchev–Trinajstić information content (AvgIpc) is 3.33. The third-order valence-electron chi connectivity index (χ3n) is 7.65. The van der Waals surface area contributed by atoms with Gasteiger partial charge in [0.25, 0.3) is 0 Å². The highest BCUT2D eigenvalue weighted by atomic mass is 35.5. The molecule has 2 aromatic heterocycles. The van der Waals surface area contributed by atoms with Gasteiger partial charge in [0, 0.05) is 33.9 Å². The molecule has 3 aromatic carbocycles. The Balaban J connectivity index is 1.56. The summed E-state index contributed by atoms with van der Waals surface area (Å²) in [6.45, 7) is 9.75. The molecule has 39 heavy (non-hydrogen) atoms. The number of hydrogen-bond acceptors (Lipinski definition) is 2. The molecule has 0 spiro atoms. The van der Waals surface area contributed by atoms with Gasteiger partial charge in [0.15, 0.2) is 5.82 Å². The Morgan fingerprint density at radius 2 is 1.56 bits per heavy atom. The highest BCUT2D eigenvalue weighted by molar-refractivity contribution is 7.81. The number of anilines is 1. The van der Waals surface area contributed by atoms with Crippen molar-refractivity contribution < 1.29 is 0 Å². The lowest BCUT2D eigenvalue weighted by Gasteiger charge is -2.19. The summed E-state index contributed by atoms with van der Waals surface area (Å²) >= 11 is 12.4. The smallest absolute Gasteiger partial charge is 0.162 e. The minimum absolute atomic E-state index is 0.103. The van der Waals surface area contributed by atoms with Crippen LogP contribution in [0.3, 0.4) is 0 Å². The second kappa shape index (κ2) is 9.96. The molecule has 0 aliphatic carbocycles. The van der Waals surface area contributed by atoms with E-state index < -0.39 is 0 Å². The molecule has 0 amide bonds. The van der Waals surface area contributed by atoms with E-state index in [4.69, 9.17) is 28.9 Å². The van der Waals surface area contributed by atoms with Crippen LogP contribution in [0.5, 0.6) is 0 Å². The molecule has 0 unspecified atom stereocenters. The molecule has 4 nitrogen and oxygen atoms in total. The maximum Gasteiger partial charge on any atom is 0.162 e. The first-order chi connectivity index (χ1) is 18.7. The zero-order valence-corrected chi connectivity index (χ0v) is 24.5. The summed E-state index contributed by atoms with van der Waals surface area (Å²) in [6, 6.07) is 25.3. The minimum Gasteiger partial charge on any atom is -0.345 e. The fourth-order valence-corrected chi connectivity index (χ4v) is 5.97. The van der Waals surface area contributed by atoms with Crippen molar-refractivity contribution in [2.24, 2.45) is 0 Å². The zero-order valence-electron chi connectivity index (χ0n) is 22.9. The highest BCUT2D eigenvalue weighted by Gasteiger charge is 2.29. The van der Waals surface area contributed by atoms with Gasteiger partial charge in [-0.05, 0) is 67.0 Å². The Bertz CT molecular complexity index is 1670. The maximum absolute atomic E-state index is 6.28. The number of halogens is 1. The second-order valence-corrected chi connectivity index (χ2v) is 12.4. The van der Waals surface area contributed by atoms with Crippen LogP contribution >= 0.6 is 23.8 Å². The molecule has 0 bridgehead atoms. The lowest BCUT2D eigenvalue weighted by Crippen LogP contribution is -2.15. The topological polar surface area (TPSA) is 34.3 Å².